The van der Waals surface area contributed by atoms with Crippen molar-refractivity contribution < 1.29 is 9.59 Å². The van der Waals surface area contributed by atoms with Crippen molar-refractivity contribution in [2.24, 2.45) is 40.4 Å². The highest BCUT2D eigenvalue weighted by Crippen LogP contribution is 2.66. The van der Waals surface area contributed by atoms with Gasteiger partial charge >= 0.3 is 0 Å². The zero-order chi connectivity index (χ0) is 15.7. The van der Waals surface area contributed by atoms with E-state index in [1.54, 1.807) is 0 Å². The SMILES string of the molecule is C[C@@H]1C[C@H]2CC(=O)CC[C@]2(C)[C@H]2CC[C@]3(C)C(=O)CC[C@H]3[C@H]12. The minimum Gasteiger partial charge on any atom is -0.300 e. The molecule has 0 spiro atoms. The standard InChI is InChI=1S/C20H30O2/c1-12-10-13-11-14(21)6-8-19(13,2)16-7-9-20(3)15(18(12)16)4-5-17(20)22/h12-13,15-16,18H,4-11H2,1-3H3/t12-,13+,15+,16+,18+,19+,20+/m1/s1. The summed E-state index contributed by atoms with van der Waals surface area (Å²) in [6.45, 7) is 7.15. The van der Waals surface area contributed by atoms with Crippen molar-refractivity contribution in [3.8, 4) is 0 Å². The maximum Gasteiger partial charge on any atom is 0.139 e. The monoisotopic (exact) mass is 302 g/mol. The predicted molar refractivity (Wildman–Crippen MR) is 86.3 cm³/mol. The summed E-state index contributed by atoms with van der Waals surface area (Å²) in [4.78, 5) is 24.4. The summed E-state index contributed by atoms with van der Waals surface area (Å²) >= 11 is 0. The quantitative estimate of drug-likeness (QED) is 0.664. The molecule has 2 heteroatoms. The van der Waals surface area contributed by atoms with Gasteiger partial charge in [0.15, 0.2) is 0 Å². The molecule has 0 aromatic heterocycles. The number of Topliss-reactive ketones (excluding diaryl/α,β-unsaturated/α-hetero) is 2. The second kappa shape index (κ2) is 4.68. The van der Waals surface area contributed by atoms with Gasteiger partial charge in [0.1, 0.15) is 11.6 Å². The van der Waals surface area contributed by atoms with E-state index in [4.69, 9.17) is 0 Å². The topological polar surface area (TPSA) is 34.1 Å². The Hall–Kier alpha value is -0.660. The van der Waals surface area contributed by atoms with Crippen molar-refractivity contribution >= 4 is 11.6 Å². The molecular weight excluding hydrogens is 272 g/mol. The molecule has 4 rings (SSSR count). The van der Waals surface area contributed by atoms with Crippen LogP contribution in [0.15, 0.2) is 0 Å². The molecule has 0 aromatic rings. The normalized spacial score (nSPS) is 54.6. The van der Waals surface area contributed by atoms with Crippen LogP contribution in [-0.2, 0) is 9.59 Å². The number of hydrogen-bond donors (Lipinski definition) is 0. The van der Waals surface area contributed by atoms with Gasteiger partial charge in [-0.3, -0.25) is 9.59 Å². The molecule has 122 valence electrons. The maximum atomic E-state index is 12.5. The van der Waals surface area contributed by atoms with Crippen molar-refractivity contribution in [3.63, 3.8) is 0 Å². The highest BCUT2D eigenvalue weighted by atomic mass is 16.1. The van der Waals surface area contributed by atoms with Crippen molar-refractivity contribution in [3.05, 3.63) is 0 Å². The van der Waals surface area contributed by atoms with Crippen LogP contribution in [0.5, 0.6) is 0 Å². The second-order valence-electron chi connectivity index (χ2n) is 9.37. The van der Waals surface area contributed by atoms with Gasteiger partial charge in [-0.05, 0) is 67.1 Å². The lowest BCUT2D eigenvalue weighted by Crippen LogP contribution is -2.56. The molecule has 2 nitrogen and oxygen atoms in total. The lowest BCUT2D eigenvalue weighted by Gasteiger charge is -2.61. The van der Waals surface area contributed by atoms with Crippen LogP contribution < -0.4 is 0 Å². The summed E-state index contributed by atoms with van der Waals surface area (Å²) in [6, 6.07) is 0. The van der Waals surface area contributed by atoms with Gasteiger partial charge in [-0.2, -0.15) is 0 Å². The van der Waals surface area contributed by atoms with E-state index in [2.05, 4.69) is 20.8 Å². The summed E-state index contributed by atoms with van der Waals surface area (Å²) in [5.41, 5.74) is 0.334. The summed E-state index contributed by atoms with van der Waals surface area (Å²) < 4.78 is 0. The van der Waals surface area contributed by atoms with Gasteiger partial charge in [0, 0.05) is 24.7 Å². The number of carbonyl (C=O) groups is 2. The average Bonchev–Trinajstić information content (AvgIpc) is 2.77. The largest absolute Gasteiger partial charge is 0.300 e. The molecule has 4 saturated carbocycles. The molecule has 0 bridgehead atoms. The molecule has 22 heavy (non-hydrogen) atoms. The number of hydrogen-bond acceptors (Lipinski definition) is 2. The fraction of sp³-hybridized carbons (Fsp3) is 0.900. The Morgan fingerprint density at radius 1 is 1.00 bits per heavy atom. The molecule has 0 unspecified atom stereocenters. The Balaban J connectivity index is 1.70. The highest BCUT2D eigenvalue weighted by Gasteiger charge is 2.61. The number of fused-ring (bicyclic) bond motifs is 5. The molecule has 0 N–H and O–H groups in total. The maximum absolute atomic E-state index is 12.5. The Morgan fingerprint density at radius 3 is 2.55 bits per heavy atom. The summed E-state index contributed by atoms with van der Waals surface area (Å²) in [6.07, 6.45) is 8.19. The van der Waals surface area contributed by atoms with Crippen molar-refractivity contribution in [1.82, 2.24) is 0 Å². The van der Waals surface area contributed by atoms with Gasteiger partial charge in [0.2, 0.25) is 0 Å². The highest BCUT2D eigenvalue weighted by molar-refractivity contribution is 5.87. The lowest BCUT2D eigenvalue weighted by molar-refractivity contribution is -0.152. The van der Waals surface area contributed by atoms with Gasteiger partial charge in [-0.15, -0.1) is 0 Å². The van der Waals surface area contributed by atoms with E-state index in [0.29, 0.717) is 34.7 Å². The Kier molecular flexibility index (Phi) is 3.17. The first-order chi connectivity index (χ1) is 10.4. The molecule has 0 aliphatic heterocycles. The Morgan fingerprint density at radius 2 is 1.77 bits per heavy atom. The molecule has 0 aromatic carbocycles. The minimum atomic E-state index is -0.0247. The third-order valence-electron chi connectivity index (χ3n) is 8.55. The number of rotatable bonds is 0. The van der Waals surface area contributed by atoms with E-state index in [1.165, 1.54) is 12.8 Å². The predicted octanol–water partition coefficient (Wildman–Crippen LogP) is 4.41. The zero-order valence-electron chi connectivity index (χ0n) is 14.4. The molecule has 0 amide bonds. The van der Waals surface area contributed by atoms with Crippen LogP contribution in [0, 0.1) is 40.4 Å². The molecule has 7 atom stereocenters. The molecule has 0 saturated heterocycles. The van der Waals surface area contributed by atoms with Crippen LogP contribution in [0.25, 0.3) is 0 Å². The van der Waals surface area contributed by atoms with Gasteiger partial charge in [0.05, 0.1) is 0 Å². The average molecular weight is 302 g/mol. The van der Waals surface area contributed by atoms with Crippen molar-refractivity contribution in [1.29, 1.82) is 0 Å². The zero-order valence-corrected chi connectivity index (χ0v) is 14.4. The van der Waals surface area contributed by atoms with Crippen LogP contribution in [0.4, 0.5) is 0 Å². The fourth-order valence-corrected chi connectivity index (χ4v) is 7.20. The fourth-order valence-electron chi connectivity index (χ4n) is 7.20. The lowest BCUT2D eigenvalue weighted by atomic mass is 9.43. The summed E-state index contributed by atoms with van der Waals surface area (Å²) in [7, 11) is 0. The molecule has 0 radical (unpaired) electrons. The summed E-state index contributed by atoms with van der Waals surface area (Å²) in [5, 5.41) is 0. The first-order valence-corrected chi connectivity index (χ1v) is 9.41. The minimum absolute atomic E-state index is 0.0247. The Bertz CT molecular complexity index is 524. The van der Waals surface area contributed by atoms with E-state index in [-0.39, 0.29) is 5.41 Å². The molecule has 4 aliphatic rings. The van der Waals surface area contributed by atoms with E-state index >= 15 is 0 Å². The number of ketones is 2. The van der Waals surface area contributed by atoms with E-state index in [9.17, 15) is 9.59 Å². The van der Waals surface area contributed by atoms with Gasteiger partial charge in [-0.25, -0.2) is 0 Å². The van der Waals surface area contributed by atoms with Crippen LogP contribution in [0.2, 0.25) is 0 Å². The van der Waals surface area contributed by atoms with Crippen LogP contribution >= 0.6 is 0 Å². The van der Waals surface area contributed by atoms with Gasteiger partial charge < -0.3 is 0 Å². The van der Waals surface area contributed by atoms with Crippen molar-refractivity contribution in [2.45, 2.75) is 72.1 Å². The van der Waals surface area contributed by atoms with Crippen LogP contribution in [-0.4, -0.2) is 11.6 Å². The van der Waals surface area contributed by atoms with Crippen LogP contribution in [0.1, 0.15) is 72.1 Å². The third-order valence-corrected chi connectivity index (χ3v) is 8.55. The van der Waals surface area contributed by atoms with Gasteiger partial charge in [0.25, 0.3) is 0 Å². The molecule has 4 aliphatic carbocycles. The molecule has 0 heterocycles. The summed E-state index contributed by atoms with van der Waals surface area (Å²) in [5.74, 6) is 4.40. The smallest absolute Gasteiger partial charge is 0.139 e. The first-order valence-electron chi connectivity index (χ1n) is 9.41. The van der Waals surface area contributed by atoms with E-state index in [1.807, 2.05) is 0 Å². The van der Waals surface area contributed by atoms with Crippen LogP contribution in [0.3, 0.4) is 0 Å². The molecule has 4 fully saturated rings. The number of carbonyl (C=O) groups excluding carboxylic acids is 2. The molecular formula is C20H30O2. The second-order valence-corrected chi connectivity index (χ2v) is 9.37. The van der Waals surface area contributed by atoms with Gasteiger partial charge in [-0.1, -0.05) is 20.8 Å². The Labute approximate surface area is 134 Å². The first kappa shape index (κ1) is 14.9. The van der Waals surface area contributed by atoms with E-state index < -0.39 is 0 Å². The van der Waals surface area contributed by atoms with Crippen molar-refractivity contribution in [2.75, 3.05) is 0 Å². The third kappa shape index (κ3) is 1.79. The van der Waals surface area contributed by atoms with E-state index in [0.717, 1.165) is 50.4 Å².